The van der Waals surface area contributed by atoms with Gasteiger partial charge < -0.3 is 4.90 Å². The molecule has 2 aliphatic carbocycles. The lowest BCUT2D eigenvalue weighted by Crippen LogP contribution is -2.16. The lowest BCUT2D eigenvalue weighted by atomic mass is 9.79. The molecule has 0 amide bonds. The monoisotopic (exact) mass is 785 g/mol. The first-order valence-corrected chi connectivity index (χ1v) is 21.9. The van der Waals surface area contributed by atoms with Crippen LogP contribution in [-0.2, 0) is 10.8 Å². The van der Waals surface area contributed by atoms with E-state index in [0.29, 0.717) is 0 Å². The largest absolute Gasteiger partial charge is 0.310 e. The number of thiophene rings is 1. The van der Waals surface area contributed by atoms with Gasteiger partial charge in [-0.2, -0.15) is 0 Å². The second-order valence-corrected chi connectivity index (χ2v) is 18.7. The van der Waals surface area contributed by atoms with Gasteiger partial charge in [-0.1, -0.05) is 185 Å². The number of anilines is 3. The molecule has 0 saturated heterocycles. The van der Waals surface area contributed by atoms with E-state index in [0.717, 1.165) is 11.4 Å². The first-order valence-electron chi connectivity index (χ1n) is 21.1. The average molecular weight is 786 g/mol. The standard InChI is InChI=1S/C58H43NS/c1-57(2)50-29-10-8-23-48(50)53-51(57)30-15-31-52(53)59(39-19-11-17-37(34-39)41-24-13-26-45-44-22-7-9-28-49(44)58(3,4)54(41)45)40-20-12-18-38(35-40)43-25-14-27-46-47-33-32-36-16-5-6-21-42(36)55(47)60-56(43)46/h5-35H,1-4H3. The molecule has 1 aromatic heterocycles. The van der Waals surface area contributed by atoms with Gasteiger partial charge in [0, 0.05) is 47.9 Å². The van der Waals surface area contributed by atoms with Crippen LogP contribution < -0.4 is 4.90 Å². The van der Waals surface area contributed by atoms with Crippen LogP contribution in [-0.4, -0.2) is 0 Å². The van der Waals surface area contributed by atoms with Crippen LogP contribution in [0.25, 0.3) is 75.5 Å². The molecule has 0 unspecified atom stereocenters. The Bertz CT molecular complexity index is 3400. The van der Waals surface area contributed by atoms with Crippen molar-refractivity contribution in [2.45, 2.75) is 38.5 Å². The maximum Gasteiger partial charge on any atom is 0.0543 e. The minimum Gasteiger partial charge on any atom is -0.310 e. The summed E-state index contributed by atoms with van der Waals surface area (Å²) in [5.41, 5.74) is 19.0. The molecule has 0 saturated carbocycles. The summed E-state index contributed by atoms with van der Waals surface area (Å²) in [6, 6.07) is 70.4. The zero-order chi connectivity index (χ0) is 40.3. The van der Waals surface area contributed by atoms with Crippen molar-refractivity contribution in [2.75, 3.05) is 4.90 Å². The number of hydrogen-bond acceptors (Lipinski definition) is 2. The van der Waals surface area contributed by atoms with E-state index in [4.69, 9.17) is 0 Å². The Balaban J connectivity index is 1.08. The SMILES string of the molecule is CC1(C)c2ccccc2-c2c(N(c3cccc(-c4cccc5c4C(C)(C)c4ccccc4-5)c3)c3cccc(-c4cccc5c4sc4c6ccccc6ccc54)c3)cccc21. The van der Waals surface area contributed by atoms with Crippen LogP contribution in [0.5, 0.6) is 0 Å². The van der Waals surface area contributed by atoms with Gasteiger partial charge in [-0.3, -0.25) is 0 Å². The van der Waals surface area contributed by atoms with E-state index in [2.05, 4.69) is 221 Å². The molecule has 2 aliphatic rings. The van der Waals surface area contributed by atoms with Crippen LogP contribution in [0.3, 0.4) is 0 Å². The van der Waals surface area contributed by atoms with Crippen LogP contribution in [0, 0.1) is 0 Å². The smallest absolute Gasteiger partial charge is 0.0543 e. The van der Waals surface area contributed by atoms with Crippen LogP contribution in [0.1, 0.15) is 49.9 Å². The molecule has 2 heteroatoms. The molecule has 1 nitrogen and oxygen atoms in total. The molecule has 0 bridgehead atoms. The third kappa shape index (κ3) is 4.98. The van der Waals surface area contributed by atoms with Crippen molar-refractivity contribution in [3.05, 3.63) is 210 Å². The average Bonchev–Trinajstić information content (AvgIpc) is 3.87. The summed E-state index contributed by atoms with van der Waals surface area (Å²) in [4.78, 5) is 2.52. The van der Waals surface area contributed by atoms with E-state index in [1.165, 1.54) is 103 Å². The molecule has 0 aliphatic heterocycles. The van der Waals surface area contributed by atoms with Crippen molar-refractivity contribution in [3.8, 4) is 44.5 Å². The van der Waals surface area contributed by atoms with Crippen molar-refractivity contribution in [2.24, 2.45) is 0 Å². The lowest BCUT2D eigenvalue weighted by molar-refractivity contribution is 0.660. The van der Waals surface area contributed by atoms with E-state index in [-0.39, 0.29) is 10.8 Å². The van der Waals surface area contributed by atoms with E-state index in [9.17, 15) is 0 Å². The summed E-state index contributed by atoms with van der Waals surface area (Å²) < 4.78 is 2.68. The summed E-state index contributed by atoms with van der Waals surface area (Å²) >= 11 is 1.92. The fourth-order valence-corrected chi connectivity index (χ4v) is 12.2. The maximum atomic E-state index is 2.52. The highest BCUT2D eigenvalue weighted by Gasteiger charge is 2.39. The molecular formula is C58H43NS. The maximum absolute atomic E-state index is 2.52. The highest BCUT2D eigenvalue weighted by molar-refractivity contribution is 7.27. The number of hydrogen-bond donors (Lipinski definition) is 0. The van der Waals surface area contributed by atoms with Gasteiger partial charge in [-0.05, 0) is 102 Å². The predicted octanol–water partition coefficient (Wildman–Crippen LogP) is 16.6. The minimum atomic E-state index is -0.123. The summed E-state index contributed by atoms with van der Waals surface area (Å²) in [5, 5.41) is 5.24. The van der Waals surface area contributed by atoms with Gasteiger partial charge in [-0.15, -0.1) is 11.3 Å². The molecule has 60 heavy (non-hydrogen) atoms. The third-order valence-electron chi connectivity index (χ3n) is 13.6. The number of benzene rings is 9. The molecule has 0 spiro atoms. The third-order valence-corrected chi connectivity index (χ3v) is 14.9. The van der Waals surface area contributed by atoms with Gasteiger partial charge in [0.25, 0.3) is 0 Å². The van der Waals surface area contributed by atoms with Crippen molar-refractivity contribution in [3.63, 3.8) is 0 Å². The van der Waals surface area contributed by atoms with E-state index in [1.54, 1.807) is 0 Å². The normalized spacial score (nSPS) is 14.3. The van der Waals surface area contributed by atoms with Crippen molar-refractivity contribution < 1.29 is 0 Å². The second kappa shape index (κ2) is 12.9. The predicted molar refractivity (Wildman–Crippen MR) is 258 cm³/mol. The summed E-state index contributed by atoms with van der Waals surface area (Å²) in [6.45, 7) is 9.51. The Labute approximate surface area is 355 Å². The highest BCUT2D eigenvalue weighted by Crippen LogP contribution is 2.56. The van der Waals surface area contributed by atoms with Crippen LogP contribution in [0.2, 0.25) is 0 Å². The molecule has 12 rings (SSSR count). The van der Waals surface area contributed by atoms with Gasteiger partial charge in [0.2, 0.25) is 0 Å². The molecular weight excluding hydrogens is 743 g/mol. The number of rotatable bonds is 5. The van der Waals surface area contributed by atoms with Crippen LogP contribution in [0.15, 0.2) is 188 Å². The fourth-order valence-electron chi connectivity index (χ4n) is 10.8. The molecule has 0 N–H and O–H groups in total. The molecule has 1 heterocycles. The topological polar surface area (TPSA) is 3.24 Å². The Morgan fingerprint density at radius 3 is 1.73 bits per heavy atom. The Kier molecular flexibility index (Phi) is 7.56. The summed E-state index contributed by atoms with van der Waals surface area (Å²) in [7, 11) is 0. The van der Waals surface area contributed by atoms with E-state index in [1.807, 2.05) is 11.3 Å². The minimum absolute atomic E-state index is 0.122. The quantitative estimate of drug-likeness (QED) is 0.168. The molecule has 9 aromatic carbocycles. The van der Waals surface area contributed by atoms with Gasteiger partial charge in [0.15, 0.2) is 0 Å². The molecule has 0 radical (unpaired) electrons. The molecule has 0 fully saturated rings. The lowest BCUT2D eigenvalue weighted by Gasteiger charge is -2.30. The van der Waals surface area contributed by atoms with Crippen molar-refractivity contribution >= 4 is 59.3 Å². The van der Waals surface area contributed by atoms with Gasteiger partial charge in [0.05, 0.1) is 5.69 Å². The van der Waals surface area contributed by atoms with E-state index < -0.39 is 0 Å². The highest BCUT2D eigenvalue weighted by atomic mass is 32.1. The molecule has 10 aromatic rings. The first kappa shape index (κ1) is 35.2. The van der Waals surface area contributed by atoms with Gasteiger partial charge in [-0.25, -0.2) is 0 Å². The van der Waals surface area contributed by atoms with E-state index >= 15 is 0 Å². The summed E-state index contributed by atoms with van der Waals surface area (Å²) in [5.74, 6) is 0. The first-order chi connectivity index (χ1) is 29.3. The summed E-state index contributed by atoms with van der Waals surface area (Å²) in [6.07, 6.45) is 0. The van der Waals surface area contributed by atoms with Gasteiger partial charge >= 0.3 is 0 Å². The second-order valence-electron chi connectivity index (χ2n) is 17.7. The number of nitrogens with zero attached hydrogens (tertiary/aromatic N) is 1. The fraction of sp³-hybridized carbons (Fsp3) is 0.103. The van der Waals surface area contributed by atoms with Gasteiger partial charge in [0.1, 0.15) is 0 Å². The zero-order valence-corrected chi connectivity index (χ0v) is 35.1. The van der Waals surface area contributed by atoms with Crippen LogP contribution >= 0.6 is 11.3 Å². The zero-order valence-electron chi connectivity index (χ0n) is 34.3. The van der Waals surface area contributed by atoms with Crippen molar-refractivity contribution in [1.82, 2.24) is 0 Å². The number of fused-ring (bicyclic) bond motifs is 11. The molecule has 0 atom stereocenters. The molecule has 286 valence electrons. The van der Waals surface area contributed by atoms with Crippen molar-refractivity contribution in [1.29, 1.82) is 0 Å². The Morgan fingerprint density at radius 2 is 0.933 bits per heavy atom. The van der Waals surface area contributed by atoms with Crippen LogP contribution in [0.4, 0.5) is 17.1 Å². The Hall–Kier alpha value is -6.74. The Morgan fingerprint density at radius 1 is 0.383 bits per heavy atom.